The minimum atomic E-state index is 0.939. The Morgan fingerprint density at radius 1 is 1.12 bits per heavy atom. The van der Waals surface area contributed by atoms with E-state index in [2.05, 4.69) is 21.8 Å². The zero-order valence-corrected chi connectivity index (χ0v) is 9.82. The van der Waals surface area contributed by atoms with Gasteiger partial charge >= 0.3 is 0 Å². The number of aromatic nitrogens is 2. The Labute approximate surface area is 96.3 Å². The van der Waals surface area contributed by atoms with Crippen LogP contribution < -0.4 is 4.90 Å². The smallest absolute Gasteiger partial charge is 0.225 e. The SMILES string of the molecule is CN1CCN(c2ncc3c(n2)CCC3)CC1. The van der Waals surface area contributed by atoms with E-state index in [1.807, 2.05) is 6.20 Å². The van der Waals surface area contributed by atoms with Crippen molar-refractivity contribution in [3.05, 3.63) is 17.5 Å². The third-order valence-electron chi connectivity index (χ3n) is 3.59. The van der Waals surface area contributed by atoms with Gasteiger partial charge in [-0.25, -0.2) is 9.97 Å². The van der Waals surface area contributed by atoms with Gasteiger partial charge in [0.1, 0.15) is 0 Å². The molecule has 4 heteroatoms. The first kappa shape index (κ1) is 10.0. The molecule has 0 aromatic carbocycles. The molecule has 0 N–H and O–H groups in total. The Hall–Kier alpha value is -1.16. The van der Waals surface area contributed by atoms with Crippen LogP contribution in [0.3, 0.4) is 0 Å². The molecule has 1 aromatic heterocycles. The average molecular weight is 218 g/mol. The van der Waals surface area contributed by atoms with Crippen molar-refractivity contribution in [1.82, 2.24) is 14.9 Å². The van der Waals surface area contributed by atoms with Crippen molar-refractivity contribution in [1.29, 1.82) is 0 Å². The molecule has 4 nitrogen and oxygen atoms in total. The summed E-state index contributed by atoms with van der Waals surface area (Å²) in [4.78, 5) is 13.8. The lowest BCUT2D eigenvalue weighted by atomic mass is 10.3. The van der Waals surface area contributed by atoms with E-state index in [9.17, 15) is 0 Å². The van der Waals surface area contributed by atoms with Crippen molar-refractivity contribution in [2.45, 2.75) is 19.3 Å². The van der Waals surface area contributed by atoms with Gasteiger partial charge in [0.05, 0.1) is 0 Å². The fourth-order valence-electron chi connectivity index (χ4n) is 2.46. The molecular formula is C12H18N4. The van der Waals surface area contributed by atoms with E-state index in [1.165, 1.54) is 24.1 Å². The van der Waals surface area contributed by atoms with Crippen LogP contribution in [0.15, 0.2) is 6.20 Å². The molecule has 1 saturated heterocycles. The highest BCUT2D eigenvalue weighted by molar-refractivity contribution is 5.35. The van der Waals surface area contributed by atoms with Gasteiger partial charge in [0.2, 0.25) is 5.95 Å². The highest BCUT2D eigenvalue weighted by Crippen LogP contribution is 2.21. The van der Waals surface area contributed by atoms with E-state index >= 15 is 0 Å². The topological polar surface area (TPSA) is 32.3 Å². The third kappa shape index (κ3) is 1.78. The lowest BCUT2D eigenvalue weighted by molar-refractivity contribution is 0.311. The number of rotatable bonds is 1. The molecule has 16 heavy (non-hydrogen) atoms. The summed E-state index contributed by atoms with van der Waals surface area (Å²) in [6, 6.07) is 0. The highest BCUT2D eigenvalue weighted by atomic mass is 15.3. The van der Waals surface area contributed by atoms with Gasteiger partial charge in [-0.1, -0.05) is 0 Å². The van der Waals surface area contributed by atoms with Crippen LogP contribution >= 0.6 is 0 Å². The summed E-state index contributed by atoms with van der Waals surface area (Å²) in [6.07, 6.45) is 5.58. The van der Waals surface area contributed by atoms with Gasteiger partial charge in [-0.15, -0.1) is 0 Å². The number of hydrogen-bond donors (Lipinski definition) is 0. The zero-order chi connectivity index (χ0) is 11.0. The Kier molecular flexibility index (Phi) is 2.52. The standard InChI is InChI=1S/C12H18N4/c1-15-5-7-16(8-6-15)12-13-9-10-3-2-4-11(10)14-12/h9H,2-8H2,1H3. The molecule has 1 aromatic rings. The molecule has 0 amide bonds. The molecule has 0 unspecified atom stereocenters. The average Bonchev–Trinajstić information content (AvgIpc) is 2.77. The summed E-state index contributed by atoms with van der Waals surface area (Å²) in [5, 5.41) is 0. The number of anilines is 1. The summed E-state index contributed by atoms with van der Waals surface area (Å²) >= 11 is 0. The summed E-state index contributed by atoms with van der Waals surface area (Å²) in [7, 11) is 2.17. The second-order valence-corrected chi connectivity index (χ2v) is 4.79. The molecule has 0 saturated carbocycles. The lowest BCUT2D eigenvalue weighted by Crippen LogP contribution is -2.45. The first-order valence-corrected chi connectivity index (χ1v) is 6.11. The van der Waals surface area contributed by atoms with E-state index in [4.69, 9.17) is 4.98 Å². The maximum Gasteiger partial charge on any atom is 0.225 e. The van der Waals surface area contributed by atoms with Crippen LogP contribution in [0.2, 0.25) is 0 Å². The summed E-state index contributed by atoms with van der Waals surface area (Å²) in [5.41, 5.74) is 2.64. The molecule has 0 bridgehead atoms. The van der Waals surface area contributed by atoms with Crippen LogP contribution in [0.4, 0.5) is 5.95 Å². The maximum atomic E-state index is 4.70. The Bertz CT molecular complexity index is 383. The molecule has 86 valence electrons. The van der Waals surface area contributed by atoms with E-state index in [0.29, 0.717) is 0 Å². The van der Waals surface area contributed by atoms with Crippen molar-refractivity contribution >= 4 is 5.95 Å². The number of fused-ring (bicyclic) bond motifs is 1. The molecule has 1 aliphatic carbocycles. The quantitative estimate of drug-likeness (QED) is 0.695. The fraction of sp³-hybridized carbons (Fsp3) is 0.667. The molecule has 3 rings (SSSR count). The van der Waals surface area contributed by atoms with Gasteiger partial charge in [0.25, 0.3) is 0 Å². The molecule has 2 heterocycles. The number of aryl methyl sites for hydroxylation is 2. The molecule has 1 aliphatic heterocycles. The van der Waals surface area contributed by atoms with Gasteiger partial charge in [0, 0.05) is 38.1 Å². The third-order valence-corrected chi connectivity index (χ3v) is 3.59. The van der Waals surface area contributed by atoms with Gasteiger partial charge in [-0.05, 0) is 31.9 Å². The Morgan fingerprint density at radius 2 is 1.94 bits per heavy atom. The van der Waals surface area contributed by atoms with E-state index in [1.54, 1.807) is 0 Å². The summed E-state index contributed by atoms with van der Waals surface area (Å²) in [6.45, 7) is 4.32. The van der Waals surface area contributed by atoms with Crippen molar-refractivity contribution in [2.75, 3.05) is 38.1 Å². The lowest BCUT2D eigenvalue weighted by Gasteiger charge is -2.32. The van der Waals surface area contributed by atoms with Gasteiger partial charge in [0.15, 0.2) is 0 Å². The zero-order valence-electron chi connectivity index (χ0n) is 9.82. The van der Waals surface area contributed by atoms with Crippen LogP contribution in [0.25, 0.3) is 0 Å². The number of nitrogens with zero attached hydrogens (tertiary/aromatic N) is 4. The monoisotopic (exact) mass is 218 g/mol. The second-order valence-electron chi connectivity index (χ2n) is 4.79. The molecule has 0 spiro atoms. The molecular weight excluding hydrogens is 200 g/mol. The summed E-state index contributed by atoms with van der Waals surface area (Å²) < 4.78 is 0. The Balaban J connectivity index is 1.79. The fourth-order valence-corrected chi connectivity index (χ4v) is 2.46. The van der Waals surface area contributed by atoms with Crippen molar-refractivity contribution < 1.29 is 0 Å². The van der Waals surface area contributed by atoms with Gasteiger partial charge in [-0.2, -0.15) is 0 Å². The molecule has 2 aliphatic rings. The number of likely N-dealkylation sites (N-methyl/N-ethyl adjacent to an activating group) is 1. The van der Waals surface area contributed by atoms with Gasteiger partial charge < -0.3 is 9.80 Å². The summed E-state index contributed by atoms with van der Waals surface area (Å²) in [5.74, 6) is 0.939. The molecule has 0 radical (unpaired) electrons. The van der Waals surface area contributed by atoms with Crippen LogP contribution in [-0.2, 0) is 12.8 Å². The van der Waals surface area contributed by atoms with Crippen molar-refractivity contribution in [3.8, 4) is 0 Å². The normalized spacial score (nSPS) is 21.2. The van der Waals surface area contributed by atoms with E-state index in [0.717, 1.165) is 38.5 Å². The van der Waals surface area contributed by atoms with Gasteiger partial charge in [-0.3, -0.25) is 0 Å². The first-order valence-electron chi connectivity index (χ1n) is 6.11. The molecule has 0 atom stereocenters. The second kappa shape index (κ2) is 4.01. The van der Waals surface area contributed by atoms with Crippen LogP contribution in [-0.4, -0.2) is 48.1 Å². The first-order chi connectivity index (χ1) is 7.83. The van der Waals surface area contributed by atoms with Crippen LogP contribution in [0.1, 0.15) is 17.7 Å². The predicted octanol–water partition coefficient (Wildman–Crippen LogP) is 0.717. The minimum Gasteiger partial charge on any atom is -0.338 e. The van der Waals surface area contributed by atoms with Crippen molar-refractivity contribution in [3.63, 3.8) is 0 Å². The van der Waals surface area contributed by atoms with Crippen molar-refractivity contribution in [2.24, 2.45) is 0 Å². The van der Waals surface area contributed by atoms with E-state index in [-0.39, 0.29) is 0 Å². The maximum absolute atomic E-state index is 4.70. The number of piperazine rings is 1. The van der Waals surface area contributed by atoms with Crippen LogP contribution in [0, 0.1) is 0 Å². The Morgan fingerprint density at radius 3 is 2.75 bits per heavy atom. The largest absolute Gasteiger partial charge is 0.338 e. The van der Waals surface area contributed by atoms with Crippen LogP contribution in [0.5, 0.6) is 0 Å². The number of hydrogen-bond acceptors (Lipinski definition) is 4. The highest BCUT2D eigenvalue weighted by Gasteiger charge is 2.19. The van der Waals surface area contributed by atoms with E-state index < -0.39 is 0 Å². The predicted molar refractivity (Wildman–Crippen MR) is 63.8 cm³/mol. The minimum absolute atomic E-state index is 0.939. The molecule has 1 fully saturated rings.